The topological polar surface area (TPSA) is 118 Å². The summed E-state index contributed by atoms with van der Waals surface area (Å²) in [5, 5.41) is 2.89. The summed E-state index contributed by atoms with van der Waals surface area (Å²) in [5.74, 6) is -1.73. The second-order valence-corrected chi connectivity index (χ2v) is 10.3. The summed E-state index contributed by atoms with van der Waals surface area (Å²) in [5.41, 5.74) is 0.961. The quantitative estimate of drug-likeness (QED) is 0.292. The van der Waals surface area contributed by atoms with Gasteiger partial charge in [0.15, 0.2) is 0 Å². The summed E-state index contributed by atoms with van der Waals surface area (Å²) >= 11 is 6.05. The molecule has 1 heterocycles. The van der Waals surface area contributed by atoms with Crippen LogP contribution in [0.5, 0.6) is 0 Å². The largest absolute Gasteiger partial charge is 0.294 e. The van der Waals surface area contributed by atoms with E-state index in [0.29, 0.717) is 10.6 Å². The van der Waals surface area contributed by atoms with Gasteiger partial charge in [0.25, 0.3) is 0 Å². The molecular weight excluding hydrogens is 531 g/mol. The molecule has 0 radical (unpaired) electrons. The van der Waals surface area contributed by atoms with Crippen LogP contribution in [0.15, 0.2) is 83.9 Å². The molecule has 11 heteroatoms. The van der Waals surface area contributed by atoms with E-state index in [-0.39, 0.29) is 46.2 Å². The fourth-order valence-corrected chi connectivity index (χ4v) is 4.90. The van der Waals surface area contributed by atoms with Crippen molar-refractivity contribution in [2.75, 3.05) is 11.9 Å². The van der Waals surface area contributed by atoms with E-state index < -0.39 is 27.5 Å². The predicted molar refractivity (Wildman–Crippen MR) is 142 cm³/mol. The van der Waals surface area contributed by atoms with Crippen LogP contribution in [0.4, 0.5) is 10.3 Å². The molecule has 0 saturated carbocycles. The minimum absolute atomic E-state index is 0.0831. The molecule has 1 amide bonds. The molecule has 0 aliphatic heterocycles. The van der Waals surface area contributed by atoms with E-state index in [0.717, 1.165) is 0 Å². The number of hydrogen-bond acceptors (Lipinski definition) is 6. The number of anilines is 1. The first-order chi connectivity index (χ1) is 18.2. The number of nitrogens with zero attached hydrogens (tertiary/aromatic N) is 2. The third-order valence-corrected chi connectivity index (χ3v) is 7.24. The monoisotopic (exact) mass is 552 g/mol. The minimum atomic E-state index is -3.61. The Morgan fingerprint density at radius 1 is 0.974 bits per heavy atom. The van der Waals surface area contributed by atoms with Gasteiger partial charge in [0.05, 0.1) is 11.3 Å². The molecule has 8 nitrogen and oxygen atoms in total. The van der Waals surface area contributed by atoms with E-state index in [1.807, 2.05) is 0 Å². The molecular formula is C27H22ClFN4O4S. The number of sulfonamides is 1. The highest BCUT2D eigenvalue weighted by molar-refractivity contribution is 7.89. The molecule has 194 valence electrons. The van der Waals surface area contributed by atoms with Crippen LogP contribution >= 0.6 is 11.6 Å². The lowest BCUT2D eigenvalue weighted by Crippen LogP contribution is -2.23. The summed E-state index contributed by atoms with van der Waals surface area (Å²) in [6.45, 7) is 1.93. The van der Waals surface area contributed by atoms with E-state index in [1.54, 1.807) is 31.2 Å². The highest BCUT2D eigenvalue weighted by Gasteiger charge is 2.21. The fourth-order valence-electron chi connectivity index (χ4n) is 3.67. The van der Waals surface area contributed by atoms with Crippen LogP contribution in [0.2, 0.25) is 5.02 Å². The molecule has 38 heavy (non-hydrogen) atoms. The van der Waals surface area contributed by atoms with Crippen molar-refractivity contribution in [3.05, 3.63) is 107 Å². The molecule has 4 rings (SSSR count). The van der Waals surface area contributed by atoms with Crippen molar-refractivity contribution in [1.29, 1.82) is 0 Å². The highest BCUT2D eigenvalue weighted by atomic mass is 35.5. The zero-order valence-corrected chi connectivity index (χ0v) is 21.7. The molecule has 3 aromatic carbocycles. The average Bonchev–Trinajstić information content (AvgIpc) is 2.89. The highest BCUT2D eigenvalue weighted by Crippen LogP contribution is 2.28. The Morgan fingerprint density at radius 3 is 2.39 bits per heavy atom. The first kappa shape index (κ1) is 27.1. The SMILES string of the molecule is CCNS(=O)(=O)c1ccc(CC(=O)Nc2ncc(-c3ccccc3F)c(C(=O)c3cccc(Cl)c3)n2)cc1. The third-order valence-electron chi connectivity index (χ3n) is 5.44. The number of amides is 1. The molecule has 0 aliphatic carbocycles. The van der Waals surface area contributed by atoms with Crippen molar-refractivity contribution in [3.8, 4) is 11.1 Å². The maximum absolute atomic E-state index is 14.6. The van der Waals surface area contributed by atoms with Crippen LogP contribution in [-0.2, 0) is 21.2 Å². The van der Waals surface area contributed by atoms with Gasteiger partial charge in [-0.05, 0) is 35.9 Å². The van der Waals surface area contributed by atoms with Crippen LogP contribution in [0.3, 0.4) is 0 Å². The van der Waals surface area contributed by atoms with Crippen molar-refractivity contribution in [2.45, 2.75) is 18.2 Å². The summed E-state index contributed by atoms with van der Waals surface area (Å²) in [4.78, 5) is 34.5. The summed E-state index contributed by atoms with van der Waals surface area (Å²) < 4.78 is 41.2. The fraction of sp³-hybridized carbons (Fsp3) is 0.111. The zero-order chi connectivity index (χ0) is 27.3. The van der Waals surface area contributed by atoms with E-state index in [1.165, 1.54) is 54.7 Å². The van der Waals surface area contributed by atoms with Gasteiger partial charge in [-0.1, -0.05) is 61.0 Å². The van der Waals surface area contributed by atoms with Crippen molar-refractivity contribution >= 4 is 39.3 Å². The molecule has 0 unspecified atom stereocenters. The Bertz CT molecular complexity index is 1610. The van der Waals surface area contributed by atoms with Gasteiger partial charge in [0, 0.05) is 34.5 Å². The van der Waals surface area contributed by atoms with Gasteiger partial charge >= 0.3 is 0 Å². The van der Waals surface area contributed by atoms with Gasteiger partial charge in [0.1, 0.15) is 11.5 Å². The van der Waals surface area contributed by atoms with Crippen LogP contribution in [0, 0.1) is 5.82 Å². The summed E-state index contributed by atoms with van der Waals surface area (Å²) in [7, 11) is -3.61. The predicted octanol–water partition coefficient (Wildman–Crippen LogP) is 4.65. The zero-order valence-electron chi connectivity index (χ0n) is 20.1. The second kappa shape index (κ2) is 11.6. The molecule has 1 aromatic heterocycles. The first-order valence-corrected chi connectivity index (χ1v) is 13.3. The molecule has 0 spiro atoms. The van der Waals surface area contributed by atoms with E-state index in [4.69, 9.17) is 11.6 Å². The first-order valence-electron chi connectivity index (χ1n) is 11.5. The van der Waals surface area contributed by atoms with E-state index in [2.05, 4.69) is 20.0 Å². The lowest BCUT2D eigenvalue weighted by molar-refractivity contribution is -0.115. The molecule has 0 aliphatic rings. The number of carbonyl (C=O) groups is 2. The second-order valence-electron chi connectivity index (χ2n) is 8.15. The number of hydrogen-bond donors (Lipinski definition) is 2. The molecule has 0 fully saturated rings. The lowest BCUT2D eigenvalue weighted by atomic mass is 9.99. The number of aromatic nitrogens is 2. The minimum Gasteiger partial charge on any atom is -0.294 e. The Hall–Kier alpha value is -3.99. The van der Waals surface area contributed by atoms with Gasteiger partial charge in [0.2, 0.25) is 27.7 Å². The normalized spacial score (nSPS) is 11.2. The summed E-state index contributed by atoms with van der Waals surface area (Å²) in [6, 6.07) is 18.0. The number of nitrogens with one attached hydrogen (secondary N) is 2. The van der Waals surface area contributed by atoms with Crippen molar-refractivity contribution in [3.63, 3.8) is 0 Å². The smallest absolute Gasteiger partial charge is 0.240 e. The summed E-state index contributed by atoms with van der Waals surface area (Å²) in [6.07, 6.45) is 1.18. The third kappa shape index (κ3) is 6.28. The van der Waals surface area contributed by atoms with Crippen molar-refractivity contribution in [1.82, 2.24) is 14.7 Å². The lowest BCUT2D eigenvalue weighted by Gasteiger charge is -2.12. The Labute approximate surface area is 224 Å². The number of ketones is 1. The molecule has 0 bridgehead atoms. The van der Waals surface area contributed by atoms with Gasteiger partial charge in [-0.15, -0.1) is 0 Å². The number of halogens is 2. The average molecular weight is 553 g/mol. The van der Waals surface area contributed by atoms with Crippen molar-refractivity contribution in [2.24, 2.45) is 0 Å². The van der Waals surface area contributed by atoms with E-state index in [9.17, 15) is 22.4 Å². The molecule has 4 aromatic rings. The Kier molecular flexibility index (Phi) is 8.26. The van der Waals surface area contributed by atoms with Crippen LogP contribution < -0.4 is 10.0 Å². The van der Waals surface area contributed by atoms with Gasteiger partial charge in [-0.25, -0.2) is 27.5 Å². The van der Waals surface area contributed by atoms with Crippen LogP contribution in [0.1, 0.15) is 28.5 Å². The van der Waals surface area contributed by atoms with Crippen LogP contribution in [0.25, 0.3) is 11.1 Å². The van der Waals surface area contributed by atoms with Gasteiger partial charge < -0.3 is 0 Å². The molecule has 2 N–H and O–H groups in total. The van der Waals surface area contributed by atoms with E-state index >= 15 is 0 Å². The molecule has 0 saturated heterocycles. The molecule has 0 atom stereocenters. The van der Waals surface area contributed by atoms with Gasteiger partial charge in [-0.2, -0.15) is 0 Å². The number of carbonyl (C=O) groups excluding carboxylic acids is 2. The van der Waals surface area contributed by atoms with Crippen LogP contribution in [-0.4, -0.2) is 36.6 Å². The standard InChI is InChI=1S/C27H22ClFN4O4S/c1-2-31-38(36,37)20-12-10-17(11-13-20)14-24(34)32-27-30-16-22(21-8-3-4-9-23(21)29)25(33-27)26(35)18-6-5-7-19(28)15-18/h3-13,15-16,31H,2,14H2,1H3,(H,30,32,33,34). The maximum atomic E-state index is 14.6. The Balaban J connectivity index is 1.61. The number of rotatable bonds is 9. The van der Waals surface area contributed by atoms with Gasteiger partial charge in [-0.3, -0.25) is 14.9 Å². The Morgan fingerprint density at radius 2 is 1.71 bits per heavy atom. The number of benzene rings is 3. The van der Waals surface area contributed by atoms with Crippen molar-refractivity contribution < 1.29 is 22.4 Å². The maximum Gasteiger partial charge on any atom is 0.240 e.